The summed E-state index contributed by atoms with van der Waals surface area (Å²) in [7, 11) is 1.62. The van der Waals surface area contributed by atoms with E-state index in [0.717, 1.165) is 18.4 Å². The highest BCUT2D eigenvalue weighted by Crippen LogP contribution is 2.38. The van der Waals surface area contributed by atoms with Gasteiger partial charge in [0.25, 0.3) is 11.5 Å². The number of benzene rings is 1. The summed E-state index contributed by atoms with van der Waals surface area (Å²) in [6, 6.07) is 4.87. The minimum absolute atomic E-state index is 0.0857. The molecule has 1 fully saturated rings. The summed E-state index contributed by atoms with van der Waals surface area (Å²) in [4.78, 5) is 37.4. The molecule has 1 saturated carbocycles. The van der Waals surface area contributed by atoms with Gasteiger partial charge in [0.05, 0.1) is 5.69 Å². The number of carbonyl (C=O) groups excluding carboxylic acids is 1. The zero-order valence-corrected chi connectivity index (χ0v) is 16.7. The van der Waals surface area contributed by atoms with Crippen LogP contribution >= 0.6 is 23.2 Å². The highest BCUT2D eigenvalue weighted by atomic mass is 35.5. The first-order valence-corrected chi connectivity index (χ1v) is 9.50. The van der Waals surface area contributed by atoms with Crippen LogP contribution in [0.5, 0.6) is 0 Å². The Labute approximate surface area is 173 Å². The molecule has 0 radical (unpaired) electrons. The van der Waals surface area contributed by atoms with Gasteiger partial charge in [0.1, 0.15) is 0 Å². The van der Waals surface area contributed by atoms with Crippen LogP contribution < -0.4 is 16.6 Å². The number of hydrogen-bond acceptors (Lipinski definition) is 6. The number of amides is 1. The molecule has 0 unspecified atom stereocenters. The molecule has 0 saturated heterocycles. The topological polar surface area (TPSA) is 123 Å². The van der Waals surface area contributed by atoms with Crippen molar-refractivity contribution in [1.82, 2.24) is 19.9 Å². The van der Waals surface area contributed by atoms with Crippen LogP contribution in [0.25, 0.3) is 0 Å². The van der Waals surface area contributed by atoms with Gasteiger partial charge in [-0.15, -0.1) is 0 Å². The van der Waals surface area contributed by atoms with E-state index in [-0.39, 0.29) is 11.4 Å². The lowest BCUT2D eigenvalue weighted by molar-refractivity contribution is 0.101. The molecule has 9 nitrogen and oxygen atoms in total. The second-order valence-electron chi connectivity index (χ2n) is 6.79. The molecule has 3 aromatic rings. The molecule has 2 heterocycles. The minimum Gasteiger partial charge on any atom is -0.319 e. The number of aryl methyl sites for hydroxylation is 1. The van der Waals surface area contributed by atoms with Crippen molar-refractivity contribution in [3.05, 3.63) is 71.8 Å². The van der Waals surface area contributed by atoms with Gasteiger partial charge >= 0.3 is 5.76 Å². The second kappa shape index (κ2) is 7.49. The molecule has 150 valence electrons. The number of aromatic nitrogens is 4. The maximum atomic E-state index is 12.2. The Morgan fingerprint density at radius 1 is 1.28 bits per heavy atom. The predicted molar refractivity (Wildman–Crippen MR) is 106 cm³/mol. The van der Waals surface area contributed by atoms with Crippen molar-refractivity contribution in [1.29, 1.82) is 0 Å². The normalized spacial score (nSPS) is 13.5. The number of aromatic amines is 1. The van der Waals surface area contributed by atoms with Crippen molar-refractivity contribution in [2.24, 2.45) is 7.05 Å². The first-order valence-electron chi connectivity index (χ1n) is 8.74. The average molecular weight is 436 g/mol. The van der Waals surface area contributed by atoms with Gasteiger partial charge in [-0.2, -0.15) is 5.10 Å². The number of nitrogens with one attached hydrogen (secondary N) is 2. The van der Waals surface area contributed by atoms with E-state index in [2.05, 4.69) is 25.1 Å². The summed E-state index contributed by atoms with van der Waals surface area (Å²) in [5, 5.41) is 10.8. The molecule has 1 aromatic carbocycles. The fourth-order valence-electron chi connectivity index (χ4n) is 3.01. The van der Waals surface area contributed by atoms with Crippen LogP contribution in [0.15, 0.2) is 32.3 Å². The molecular weight excluding hydrogens is 421 g/mol. The maximum Gasteiger partial charge on any atom is 0.439 e. The Hall–Kier alpha value is -2.91. The number of anilines is 1. The molecule has 29 heavy (non-hydrogen) atoms. The Morgan fingerprint density at radius 3 is 2.55 bits per heavy atom. The van der Waals surface area contributed by atoms with Crippen LogP contribution in [0.1, 0.15) is 46.2 Å². The van der Waals surface area contributed by atoms with Crippen LogP contribution in [0, 0.1) is 0 Å². The van der Waals surface area contributed by atoms with Crippen LogP contribution in [-0.4, -0.2) is 25.8 Å². The third-order valence-electron chi connectivity index (χ3n) is 4.57. The van der Waals surface area contributed by atoms with Crippen molar-refractivity contribution >= 4 is 34.8 Å². The predicted octanol–water partition coefficient (Wildman–Crippen LogP) is 2.48. The van der Waals surface area contributed by atoms with Crippen molar-refractivity contribution in [2.45, 2.75) is 25.2 Å². The molecule has 2 aromatic heterocycles. The number of carbonyl (C=O) groups is 1. The smallest absolute Gasteiger partial charge is 0.319 e. The molecule has 0 aliphatic heterocycles. The molecule has 4 rings (SSSR count). The second-order valence-corrected chi connectivity index (χ2v) is 7.60. The van der Waals surface area contributed by atoms with Crippen LogP contribution in [-0.2, 0) is 13.5 Å². The van der Waals surface area contributed by atoms with Crippen molar-refractivity contribution in [2.75, 3.05) is 5.32 Å². The monoisotopic (exact) mass is 435 g/mol. The van der Waals surface area contributed by atoms with E-state index in [4.69, 9.17) is 23.2 Å². The van der Waals surface area contributed by atoms with E-state index in [0.29, 0.717) is 39.3 Å². The lowest BCUT2D eigenvalue weighted by Gasteiger charge is -2.12. The molecule has 1 aliphatic carbocycles. The lowest BCUT2D eigenvalue weighted by atomic mass is 10.1. The van der Waals surface area contributed by atoms with Gasteiger partial charge in [0.2, 0.25) is 5.82 Å². The first-order chi connectivity index (χ1) is 13.8. The quantitative estimate of drug-likeness (QED) is 0.634. The average Bonchev–Trinajstić information content (AvgIpc) is 3.41. The SMILES string of the molecule is Cn1nc(Cc2c(Cl)cc(NC(=O)c3noc(=O)[nH]3)cc2Cl)cc(C2CC2)c1=O. The molecule has 0 spiro atoms. The molecule has 1 amide bonds. The summed E-state index contributed by atoms with van der Waals surface area (Å²) in [5.41, 5.74) is 2.29. The minimum atomic E-state index is -0.836. The molecule has 0 atom stereocenters. The first kappa shape index (κ1) is 19.4. The van der Waals surface area contributed by atoms with E-state index in [1.165, 1.54) is 16.8 Å². The summed E-state index contributed by atoms with van der Waals surface area (Å²) in [6.45, 7) is 0. The fourth-order valence-corrected chi connectivity index (χ4v) is 3.63. The highest BCUT2D eigenvalue weighted by Gasteiger charge is 2.27. The zero-order chi connectivity index (χ0) is 20.7. The molecule has 1 aliphatic rings. The standard InChI is InChI=1S/C18H15Cl2N5O4/c1-25-17(27)11(8-2-3-8)4-10(23-25)5-12-13(19)6-9(7-14(12)20)21-16(26)15-22-18(28)29-24-15/h4,6-8H,2-3,5H2,1H3,(H,21,26)(H,22,24,28). The van der Waals surface area contributed by atoms with Gasteiger partial charge in [-0.3, -0.25) is 19.1 Å². The third-order valence-corrected chi connectivity index (χ3v) is 5.25. The van der Waals surface area contributed by atoms with E-state index in [1.807, 2.05) is 6.07 Å². The number of halogens is 2. The van der Waals surface area contributed by atoms with Gasteiger partial charge in [-0.1, -0.05) is 23.2 Å². The molecule has 2 N–H and O–H groups in total. The summed E-state index contributed by atoms with van der Waals surface area (Å²) >= 11 is 12.8. The molecular formula is C18H15Cl2N5O4. The Bertz CT molecular complexity index is 1200. The van der Waals surface area contributed by atoms with E-state index in [9.17, 15) is 14.4 Å². The van der Waals surface area contributed by atoms with E-state index in [1.54, 1.807) is 7.05 Å². The highest BCUT2D eigenvalue weighted by molar-refractivity contribution is 6.36. The largest absolute Gasteiger partial charge is 0.439 e. The number of nitrogens with zero attached hydrogens (tertiary/aromatic N) is 3. The van der Waals surface area contributed by atoms with Gasteiger partial charge < -0.3 is 5.32 Å². The molecule has 11 heteroatoms. The summed E-state index contributed by atoms with van der Waals surface area (Å²) in [6.07, 6.45) is 2.34. The number of H-pyrrole nitrogens is 1. The Kier molecular flexibility index (Phi) is 5.01. The van der Waals surface area contributed by atoms with Crippen LogP contribution in [0.2, 0.25) is 10.0 Å². The van der Waals surface area contributed by atoms with Crippen LogP contribution in [0.4, 0.5) is 5.69 Å². The van der Waals surface area contributed by atoms with Crippen LogP contribution in [0.3, 0.4) is 0 Å². The van der Waals surface area contributed by atoms with Crippen molar-refractivity contribution in [3.63, 3.8) is 0 Å². The fraction of sp³-hybridized carbons (Fsp3) is 0.278. The number of hydrogen-bond donors (Lipinski definition) is 2. The lowest BCUT2D eigenvalue weighted by Crippen LogP contribution is -2.24. The Balaban J connectivity index is 1.58. The van der Waals surface area contributed by atoms with Gasteiger partial charge in [0, 0.05) is 34.8 Å². The van der Waals surface area contributed by atoms with Crippen molar-refractivity contribution < 1.29 is 9.32 Å². The third kappa shape index (κ3) is 4.10. The maximum absolute atomic E-state index is 12.2. The zero-order valence-electron chi connectivity index (χ0n) is 15.2. The van der Waals surface area contributed by atoms with Gasteiger partial charge in [-0.25, -0.2) is 9.48 Å². The molecule has 0 bridgehead atoms. The van der Waals surface area contributed by atoms with Gasteiger partial charge in [0.15, 0.2) is 0 Å². The van der Waals surface area contributed by atoms with E-state index >= 15 is 0 Å². The van der Waals surface area contributed by atoms with Gasteiger partial charge in [-0.05, 0) is 47.7 Å². The summed E-state index contributed by atoms with van der Waals surface area (Å²) < 4.78 is 5.63. The van der Waals surface area contributed by atoms with Crippen molar-refractivity contribution in [3.8, 4) is 0 Å². The summed E-state index contributed by atoms with van der Waals surface area (Å²) in [5.74, 6) is -1.49. The Morgan fingerprint density at radius 2 is 1.97 bits per heavy atom. The number of rotatable bonds is 5. The van der Waals surface area contributed by atoms with E-state index < -0.39 is 11.7 Å².